The molecule has 19 heavy (non-hydrogen) atoms. The Balaban J connectivity index is 2.45. The third kappa shape index (κ3) is 5.14. The Kier molecular flexibility index (Phi) is 6.77. The molecule has 0 radical (unpaired) electrons. The smallest absolute Gasteiger partial charge is 0.165 e. The van der Waals surface area contributed by atoms with Gasteiger partial charge in [0.1, 0.15) is 0 Å². The van der Waals surface area contributed by atoms with Crippen molar-refractivity contribution >= 4 is 0 Å². The molecule has 1 rings (SSSR count). The van der Waals surface area contributed by atoms with E-state index in [1.807, 2.05) is 13.0 Å². The van der Waals surface area contributed by atoms with Crippen LogP contribution in [-0.4, -0.2) is 38.6 Å². The van der Waals surface area contributed by atoms with Gasteiger partial charge in [-0.25, -0.2) is 4.39 Å². The first-order valence-electron chi connectivity index (χ1n) is 6.32. The third-order valence-corrected chi connectivity index (χ3v) is 2.96. The minimum Gasteiger partial charge on any atom is -0.494 e. The second-order valence-electron chi connectivity index (χ2n) is 4.47. The summed E-state index contributed by atoms with van der Waals surface area (Å²) in [6.45, 7) is 2.91. The van der Waals surface area contributed by atoms with E-state index in [4.69, 9.17) is 9.47 Å². The summed E-state index contributed by atoms with van der Waals surface area (Å²) < 4.78 is 23.3. The van der Waals surface area contributed by atoms with E-state index in [1.165, 1.54) is 13.2 Å². The number of nitrogens with one attached hydrogen (secondary N) is 1. The Morgan fingerprint density at radius 2 is 2.11 bits per heavy atom. The maximum absolute atomic E-state index is 13.6. The summed E-state index contributed by atoms with van der Waals surface area (Å²) in [5.74, 6) is -0.125. The molecule has 0 aliphatic heterocycles. The van der Waals surface area contributed by atoms with Crippen LogP contribution in [0.15, 0.2) is 18.2 Å². The Morgan fingerprint density at radius 3 is 2.68 bits per heavy atom. The largest absolute Gasteiger partial charge is 0.494 e. The molecular formula is C14H22FNO3. The molecule has 0 aromatic heterocycles. The molecule has 1 aromatic carbocycles. The Hall–Kier alpha value is -1.17. The van der Waals surface area contributed by atoms with Crippen molar-refractivity contribution in [2.45, 2.75) is 25.5 Å². The monoisotopic (exact) mass is 271 g/mol. The number of ether oxygens (including phenoxy) is 2. The van der Waals surface area contributed by atoms with Crippen LogP contribution in [0.3, 0.4) is 0 Å². The summed E-state index contributed by atoms with van der Waals surface area (Å²) in [5.41, 5.74) is 0.847. The van der Waals surface area contributed by atoms with Gasteiger partial charge < -0.3 is 19.9 Å². The van der Waals surface area contributed by atoms with E-state index < -0.39 is 6.10 Å². The lowest BCUT2D eigenvalue weighted by molar-refractivity contribution is 0.0590. The predicted molar refractivity (Wildman–Crippen MR) is 71.9 cm³/mol. The molecule has 0 spiro atoms. The SMILES string of the molecule is COCC(O)CCNC(C)c1ccc(OC)c(F)c1. The van der Waals surface area contributed by atoms with Gasteiger partial charge in [-0.05, 0) is 37.6 Å². The average Bonchev–Trinajstić information content (AvgIpc) is 2.38. The normalized spacial score (nSPS) is 14.2. The first-order valence-corrected chi connectivity index (χ1v) is 6.32. The van der Waals surface area contributed by atoms with Crippen molar-refractivity contribution in [3.63, 3.8) is 0 Å². The quantitative estimate of drug-likeness (QED) is 0.758. The molecule has 0 fully saturated rings. The predicted octanol–water partition coefficient (Wildman–Crippen LogP) is 1.88. The average molecular weight is 271 g/mol. The van der Waals surface area contributed by atoms with Crippen molar-refractivity contribution in [3.8, 4) is 5.75 Å². The summed E-state index contributed by atoms with van der Waals surface area (Å²) in [6, 6.07) is 4.91. The Bertz CT molecular complexity index is 387. The zero-order chi connectivity index (χ0) is 14.3. The number of methoxy groups -OCH3 is 2. The second-order valence-corrected chi connectivity index (χ2v) is 4.47. The molecule has 0 aliphatic carbocycles. The molecule has 4 nitrogen and oxygen atoms in total. The van der Waals surface area contributed by atoms with Gasteiger partial charge in [0.25, 0.3) is 0 Å². The van der Waals surface area contributed by atoms with E-state index >= 15 is 0 Å². The van der Waals surface area contributed by atoms with Crippen molar-refractivity contribution in [1.29, 1.82) is 0 Å². The van der Waals surface area contributed by atoms with Gasteiger partial charge >= 0.3 is 0 Å². The first kappa shape index (κ1) is 15.9. The molecule has 5 heteroatoms. The van der Waals surface area contributed by atoms with E-state index in [-0.39, 0.29) is 17.6 Å². The Labute approximate surface area is 113 Å². The van der Waals surface area contributed by atoms with Crippen LogP contribution in [0.4, 0.5) is 4.39 Å². The minimum atomic E-state index is -0.475. The van der Waals surface area contributed by atoms with Gasteiger partial charge in [0.15, 0.2) is 11.6 Å². The number of rotatable bonds is 8. The molecule has 0 amide bonds. The molecular weight excluding hydrogens is 249 g/mol. The van der Waals surface area contributed by atoms with Gasteiger partial charge in [-0.2, -0.15) is 0 Å². The maximum Gasteiger partial charge on any atom is 0.165 e. The van der Waals surface area contributed by atoms with Gasteiger partial charge in [0, 0.05) is 13.2 Å². The van der Waals surface area contributed by atoms with Crippen molar-refractivity contribution in [2.75, 3.05) is 27.4 Å². The summed E-state index contributed by atoms with van der Waals surface area (Å²) in [7, 11) is 3.00. The topological polar surface area (TPSA) is 50.7 Å². The van der Waals surface area contributed by atoms with Crippen LogP contribution in [0.5, 0.6) is 5.75 Å². The fraction of sp³-hybridized carbons (Fsp3) is 0.571. The molecule has 0 saturated carbocycles. The van der Waals surface area contributed by atoms with E-state index in [0.29, 0.717) is 19.6 Å². The number of benzene rings is 1. The molecule has 0 aliphatic rings. The zero-order valence-corrected chi connectivity index (χ0v) is 11.6. The maximum atomic E-state index is 13.6. The molecule has 2 atom stereocenters. The molecule has 0 bridgehead atoms. The first-order chi connectivity index (χ1) is 9.08. The number of aliphatic hydroxyl groups excluding tert-OH is 1. The summed E-state index contributed by atoms with van der Waals surface area (Å²) in [4.78, 5) is 0. The third-order valence-electron chi connectivity index (χ3n) is 2.96. The van der Waals surface area contributed by atoms with E-state index in [9.17, 15) is 9.50 Å². The fourth-order valence-corrected chi connectivity index (χ4v) is 1.81. The minimum absolute atomic E-state index is 0.00940. The lowest BCUT2D eigenvalue weighted by Crippen LogP contribution is -2.25. The van der Waals surface area contributed by atoms with Gasteiger partial charge in [-0.15, -0.1) is 0 Å². The highest BCUT2D eigenvalue weighted by molar-refractivity contribution is 5.30. The summed E-state index contributed by atoms with van der Waals surface area (Å²) in [5, 5.41) is 12.7. The van der Waals surface area contributed by atoms with Crippen LogP contribution >= 0.6 is 0 Å². The van der Waals surface area contributed by atoms with Gasteiger partial charge in [-0.1, -0.05) is 6.07 Å². The lowest BCUT2D eigenvalue weighted by Gasteiger charge is -2.16. The molecule has 0 heterocycles. The molecule has 0 saturated heterocycles. The lowest BCUT2D eigenvalue weighted by atomic mass is 10.1. The Morgan fingerprint density at radius 1 is 1.37 bits per heavy atom. The van der Waals surface area contributed by atoms with Crippen LogP contribution in [0, 0.1) is 5.82 Å². The molecule has 2 N–H and O–H groups in total. The highest BCUT2D eigenvalue weighted by Gasteiger charge is 2.10. The van der Waals surface area contributed by atoms with E-state index in [1.54, 1.807) is 13.2 Å². The van der Waals surface area contributed by atoms with Crippen LogP contribution < -0.4 is 10.1 Å². The van der Waals surface area contributed by atoms with Crippen LogP contribution in [0.25, 0.3) is 0 Å². The van der Waals surface area contributed by atoms with Crippen molar-refractivity contribution in [2.24, 2.45) is 0 Å². The second kappa shape index (κ2) is 8.09. The molecule has 1 aromatic rings. The van der Waals surface area contributed by atoms with E-state index in [2.05, 4.69) is 5.32 Å². The summed E-state index contributed by atoms with van der Waals surface area (Å²) in [6.07, 6.45) is 0.119. The highest BCUT2D eigenvalue weighted by Crippen LogP contribution is 2.21. The van der Waals surface area contributed by atoms with E-state index in [0.717, 1.165) is 5.56 Å². The number of halogens is 1. The van der Waals surface area contributed by atoms with Gasteiger partial charge in [-0.3, -0.25) is 0 Å². The van der Waals surface area contributed by atoms with Crippen LogP contribution in [0.2, 0.25) is 0 Å². The summed E-state index contributed by atoms with van der Waals surface area (Å²) >= 11 is 0. The standard InChI is InChI=1S/C14H22FNO3/c1-10(16-7-6-12(17)9-18-2)11-4-5-14(19-3)13(15)8-11/h4-5,8,10,12,16-17H,6-7,9H2,1-3H3. The number of hydrogen-bond donors (Lipinski definition) is 2. The van der Waals surface area contributed by atoms with Crippen LogP contribution in [0.1, 0.15) is 24.9 Å². The van der Waals surface area contributed by atoms with Gasteiger partial charge in [0.2, 0.25) is 0 Å². The highest BCUT2D eigenvalue weighted by atomic mass is 19.1. The zero-order valence-electron chi connectivity index (χ0n) is 11.6. The molecule has 2 unspecified atom stereocenters. The van der Waals surface area contributed by atoms with Crippen molar-refractivity contribution < 1.29 is 19.0 Å². The van der Waals surface area contributed by atoms with Crippen molar-refractivity contribution in [3.05, 3.63) is 29.6 Å². The number of aliphatic hydroxyl groups is 1. The molecule has 108 valence electrons. The van der Waals surface area contributed by atoms with Crippen LogP contribution in [-0.2, 0) is 4.74 Å². The van der Waals surface area contributed by atoms with Gasteiger partial charge in [0.05, 0.1) is 19.8 Å². The van der Waals surface area contributed by atoms with Crippen molar-refractivity contribution in [1.82, 2.24) is 5.32 Å². The number of hydrogen-bond acceptors (Lipinski definition) is 4. The fourth-order valence-electron chi connectivity index (χ4n) is 1.81.